The number of hydrogen-bond acceptors (Lipinski definition) is 4. The molecule has 0 bridgehead atoms. The molecule has 0 aliphatic heterocycles. The van der Waals surface area contributed by atoms with Crippen molar-refractivity contribution in [2.24, 2.45) is 5.73 Å². The molecule has 0 aliphatic carbocycles. The van der Waals surface area contributed by atoms with Crippen molar-refractivity contribution in [1.82, 2.24) is 5.32 Å². The van der Waals surface area contributed by atoms with E-state index < -0.39 is 6.10 Å². The van der Waals surface area contributed by atoms with Crippen LogP contribution in [-0.2, 0) is 0 Å². The topological polar surface area (TPSA) is 67.5 Å². The summed E-state index contributed by atoms with van der Waals surface area (Å²) >= 11 is 0. The quantitative estimate of drug-likeness (QED) is 0.617. The minimum Gasteiger partial charge on any atom is -0.490 e. The summed E-state index contributed by atoms with van der Waals surface area (Å²) in [7, 11) is 0. The second-order valence-electron chi connectivity index (χ2n) is 5.14. The predicted molar refractivity (Wildman–Crippen MR) is 86.6 cm³/mol. The van der Waals surface area contributed by atoms with Crippen molar-refractivity contribution in [2.75, 3.05) is 26.2 Å². The number of rotatable bonds is 9. The van der Waals surface area contributed by atoms with E-state index in [0.717, 1.165) is 35.9 Å². The Balaban J connectivity index is 1.79. The maximum Gasteiger partial charge on any atom is 0.127 e. The lowest BCUT2D eigenvalue weighted by Gasteiger charge is -2.14. The van der Waals surface area contributed by atoms with Crippen molar-refractivity contribution in [3.63, 3.8) is 0 Å². The zero-order valence-corrected chi connectivity index (χ0v) is 12.3. The molecule has 114 valence electrons. The molecule has 0 radical (unpaired) electrons. The van der Waals surface area contributed by atoms with Gasteiger partial charge in [-0.2, -0.15) is 0 Å². The fourth-order valence-corrected chi connectivity index (χ4v) is 2.23. The van der Waals surface area contributed by atoms with Gasteiger partial charge in [0.1, 0.15) is 18.5 Å². The van der Waals surface area contributed by atoms with Crippen LogP contribution in [0.1, 0.15) is 12.8 Å². The third-order valence-corrected chi connectivity index (χ3v) is 3.37. The second kappa shape index (κ2) is 8.62. The van der Waals surface area contributed by atoms with E-state index >= 15 is 0 Å². The Morgan fingerprint density at radius 2 is 1.90 bits per heavy atom. The molecule has 1 unspecified atom stereocenters. The summed E-state index contributed by atoms with van der Waals surface area (Å²) in [6.07, 6.45) is 1.53. The first-order valence-electron chi connectivity index (χ1n) is 7.50. The minimum absolute atomic E-state index is 0.290. The van der Waals surface area contributed by atoms with Crippen LogP contribution in [-0.4, -0.2) is 37.5 Å². The standard InChI is InChI=1S/C17H24N2O2/c18-10-3-4-11-19-12-15(20)13-21-17-9-5-7-14-6-1-2-8-16(14)17/h1-2,5-9,15,19-20H,3-4,10-13,18H2. The zero-order chi connectivity index (χ0) is 14.9. The molecule has 0 spiro atoms. The summed E-state index contributed by atoms with van der Waals surface area (Å²) in [6.45, 7) is 2.42. The number of aliphatic hydroxyl groups is 1. The van der Waals surface area contributed by atoms with Gasteiger partial charge in [-0.3, -0.25) is 0 Å². The average molecular weight is 288 g/mol. The van der Waals surface area contributed by atoms with E-state index in [9.17, 15) is 5.11 Å². The maximum absolute atomic E-state index is 9.93. The largest absolute Gasteiger partial charge is 0.490 e. The number of hydrogen-bond donors (Lipinski definition) is 3. The Hall–Kier alpha value is -1.62. The molecule has 1 atom stereocenters. The molecule has 0 amide bonds. The lowest BCUT2D eigenvalue weighted by Crippen LogP contribution is -2.32. The van der Waals surface area contributed by atoms with Crippen LogP contribution in [0.25, 0.3) is 10.8 Å². The Morgan fingerprint density at radius 1 is 1.10 bits per heavy atom. The van der Waals surface area contributed by atoms with E-state index in [4.69, 9.17) is 10.5 Å². The average Bonchev–Trinajstić information content (AvgIpc) is 2.52. The van der Waals surface area contributed by atoms with Gasteiger partial charge in [0.05, 0.1) is 0 Å². The lowest BCUT2D eigenvalue weighted by molar-refractivity contribution is 0.107. The Labute approximate surface area is 125 Å². The van der Waals surface area contributed by atoms with Gasteiger partial charge < -0.3 is 20.9 Å². The molecule has 4 nitrogen and oxygen atoms in total. The highest BCUT2D eigenvalue weighted by Gasteiger charge is 2.06. The molecular weight excluding hydrogens is 264 g/mol. The molecule has 0 saturated heterocycles. The molecule has 0 heterocycles. The van der Waals surface area contributed by atoms with Gasteiger partial charge in [0.2, 0.25) is 0 Å². The molecule has 2 aromatic rings. The Bertz CT molecular complexity index is 540. The molecule has 0 aliphatic rings. The van der Waals surface area contributed by atoms with Gasteiger partial charge in [-0.25, -0.2) is 0 Å². The SMILES string of the molecule is NCCCCNCC(O)COc1cccc2ccccc12. The van der Waals surface area contributed by atoms with Crippen LogP contribution in [0.15, 0.2) is 42.5 Å². The predicted octanol–water partition coefficient (Wildman–Crippen LogP) is 1.91. The van der Waals surface area contributed by atoms with E-state index in [-0.39, 0.29) is 6.61 Å². The van der Waals surface area contributed by atoms with E-state index in [1.165, 1.54) is 0 Å². The highest BCUT2D eigenvalue weighted by Crippen LogP contribution is 2.25. The van der Waals surface area contributed by atoms with Crippen LogP contribution in [0.4, 0.5) is 0 Å². The summed E-state index contributed by atoms with van der Waals surface area (Å²) in [6, 6.07) is 14.0. The molecule has 4 heteroatoms. The molecule has 0 aromatic heterocycles. The molecular formula is C17H24N2O2. The molecule has 2 aromatic carbocycles. The van der Waals surface area contributed by atoms with Crippen LogP contribution >= 0.6 is 0 Å². The second-order valence-corrected chi connectivity index (χ2v) is 5.14. The Kier molecular flexibility index (Phi) is 6.47. The molecule has 4 N–H and O–H groups in total. The van der Waals surface area contributed by atoms with Gasteiger partial charge in [0, 0.05) is 11.9 Å². The summed E-state index contributed by atoms with van der Waals surface area (Å²) in [5.74, 6) is 0.815. The van der Waals surface area contributed by atoms with Crippen molar-refractivity contribution < 1.29 is 9.84 Å². The number of unbranched alkanes of at least 4 members (excludes halogenated alkanes) is 1. The molecule has 0 saturated carbocycles. The first kappa shape index (κ1) is 15.8. The third kappa shape index (κ3) is 5.01. The van der Waals surface area contributed by atoms with Gasteiger partial charge in [0.15, 0.2) is 0 Å². The first-order valence-corrected chi connectivity index (χ1v) is 7.50. The number of ether oxygens (including phenoxy) is 1. The summed E-state index contributed by atoms with van der Waals surface area (Å²) in [5.41, 5.74) is 5.43. The zero-order valence-electron chi connectivity index (χ0n) is 12.3. The highest BCUT2D eigenvalue weighted by molar-refractivity contribution is 5.88. The van der Waals surface area contributed by atoms with Gasteiger partial charge in [-0.05, 0) is 37.4 Å². The molecule has 2 rings (SSSR count). The van der Waals surface area contributed by atoms with Crippen LogP contribution < -0.4 is 15.8 Å². The Morgan fingerprint density at radius 3 is 2.76 bits per heavy atom. The summed E-state index contributed by atoms with van der Waals surface area (Å²) < 4.78 is 5.75. The van der Waals surface area contributed by atoms with Gasteiger partial charge in [0.25, 0.3) is 0 Å². The number of fused-ring (bicyclic) bond motifs is 1. The molecule has 0 fully saturated rings. The summed E-state index contributed by atoms with van der Waals surface area (Å²) in [5, 5.41) is 15.4. The van der Waals surface area contributed by atoms with Crippen molar-refractivity contribution >= 4 is 10.8 Å². The van der Waals surface area contributed by atoms with Crippen LogP contribution in [0.2, 0.25) is 0 Å². The fraction of sp³-hybridized carbons (Fsp3) is 0.412. The highest BCUT2D eigenvalue weighted by atomic mass is 16.5. The summed E-state index contributed by atoms with van der Waals surface area (Å²) in [4.78, 5) is 0. The number of nitrogens with two attached hydrogens (primary N) is 1. The van der Waals surface area contributed by atoms with E-state index in [1.54, 1.807) is 0 Å². The smallest absolute Gasteiger partial charge is 0.127 e. The minimum atomic E-state index is -0.512. The monoisotopic (exact) mass is 288 g/mol. The van der Waals surface area contributed by atoms with Crippen molar-refractivity contribution in [1.29, 1.82) is 0 Å². The fourth-order valence-electron chi connectivity index (χ4n) is 2.23. The lowest BCUT2D eigenvalue weighted by atomic mass is 10.1. The van der Waals surface area contributed by atoms with Crippen LogP contribution in [0.5, 0.6) is 5.75 Å². The van der Waals surface area contributed by atoms with Gasteiger partial charge >= 0.3 is 0 Å². The van der Waals surface area contributed by atoms with E-state index in [1.807, 2.05) is 30.3 Å². The first-order chi connectivity index (χ1) is 10.3. The third-order valence-electron chi connectivity index (χ3n) is 3.37. The van der Waals surface area contributed by atoms with Crippen molar-refractivity contribution in [2.45, 2.75) is 18.9 Å². The van der Waals surface area contributed by atoms with Crippen LogP contribution in [0.3, 0.4) is 0 Å². The van der Waals surface area contributed by atoms with Crippen LogP contribution in [0, 0.1) is 0 Å². The number of benzene rings is 2. The normalized spacial score (nSPS) is 12.5. The van der Waals surface area contributed by atoms with E-state index in [2.05, 4.69) is 17.4 Å². The van der Waals surface area contributed by atoms with Gasteiger partial charge in [-0.1, -0.05) is 36.4 Å². The number of aliphatic hydroxyl groups excluding tert-OH is 1. The maximum atomic E-state index is 9.93. The van der Waals surface area contributed by atoms with Crippen molar-refractivity contribution in [3.8, 4) is 5.75 Å². The number of nitrogens with one attached hydrogen (secondary N) is 1. The molecule has 21 heavy (non-hydrogen) atoms. The van der Waals surface area contributed by atoms with Crippen molar-refractivity contribution in [3.05, 3.63) is 42.5 Å². The van der Waals surface area contributed by atoms with E-state index in [0.29, 0.717) is 13.1 Å². The van der Waals surface area contributed by atoms with Gasteiger partial charge in [-0.15, -0.1) is 0 Å².